The molecule has 0 aromatic carbocycles. The van der Waals surface area contributed by atoms with Crippen LogP contribution in [0, 0.1) is 0 Å². The van der Waals surface area contributed by atoms with E-state index in [0.717, 1.165) is 10.2 Å². The number of fused-ring (bicyclic) bond motifs is 1. The highest BCUT2D eigenvalue weighted by Crippen LogP contribution is 2.26. The number of hydrogen-bond donors (Lipinski definition) is 3. The Kier molecular flexibility index (Phi) is 3.55. The van der Waals surface area contributed by atoms with E-state index in [1.54, 1.807) is 0 Å². The number of aromatic nitrogens is 2. The zero-order chi connectivity index (χ0) is 11.5. The van der Waals surface area contributed by atoms with E-state index in [0.29, 0.717) is 5.82 Å². The zero-order valence-corrected chi connectivity index (χ0v) is 9.79. The lowest BCUT2D eigenvalue weighted by Gasteiger charge is -2.10. The molecule has 1 unspecified atom stereocenters. The minimum atomic E-state index is -0.817. The van der Waals surface area contributed by atoms with Gasteiger partial charge in [-0.1, -0.05) is 0 Å². The van der Waals surface area contributed by atoms with Crippen molar-refractivity contribution in [2.24, 2.45) is 0 Å². The first-order valence-electron chi connectivity index (χ1n) is 4.64. The Hall–Kier alpha value is -0.950. The number of aliphatic hydroxyl groups is 2. The molecular weight excluding hydrogens is 250 g/mol. The molecule has 7 heteroatoms. The lowest BCUT2D eigenvalue weighted by molar-refractivity contribution is 0.105. The van der Waals surface area contributed by atoms with Gasteiger partial charge in [-0.25, -0.2) is 9.97 Å². The second-order valence-corrected chi connectivity index (χ2v) is 4.43. The predicted octanol–water partition coefficient (Wildman–Crippen LogP) is 1.11. The van der Waals surface area contributed by atoms with E-state index < -0.39 is 6.10 Å². The van der Waals surface area contributed by atoms with E-state index in [1.807, 2.05) is 11.4 Å². The van der Waals surface area contributed by atoms with Gasteiger partial charge in [-0.05, 0) is 23.0 Å². The molecule has 2 aromatic rings. The molecule has 0 fully saturated rings. The average molecular weight is 260 g/mol. The molecule has 0 bridgehead atoms. The van der Waals surface area contributed by atoms with Crippen molar-refractivity contribution in [2.75, 3.05) is 18.5 Å². The summed E-state index contributed by atoms with van der Waals surface area (Å²) in [5, 5.41) is 23.8. The average Bonchev–Trinajstić information content (AvgIpc) is 2.73. The molecule has 3 N–H and O–H groups in total. The molecule has 0 radical (unpaired) electrons. The van der Waals surface area contributed by atoms with Crippen LogP contribution in [0.5, 0.6) is 0 Å². The van der Waals surface area contributed by atoms with Gasteiger partial charge in [0, 0.05) is 6.54 Å². The molecule has 0 spiro atoms. The molecule has 2 rings (SSSR count). The maximum atomic E-state index is 9.22. The molecule has 0 aliphatic heterocycles. The van der Waals surface area contributed by atoms with Crippen molar-refractivity contribution < 1.29 is 10.2 Å². The van der Waals surface area contributed by atoms with Gasteiger partial charge < -0.3 is 15.5 Å². The molecule has 1 atom stereocenters. The van der Waals surface area contributed by atoms with Gasteiger partial charge in [-0.2, -0.15) is 0 Å². The summed E-state index contributed by atoms with van der Waals surface area (Å²) < 4.78 is 0. The molecule has 0 saturated carbocycles. The number of hydrogen-bond acceptors (Lipinski definition) is 6. The molecule has 2 aromatic heterocycles. The summed E-state index contributed by atoms with van der Waals surface area (Å²) in [6.45, 7) is -0.0760. The first-order valence-corrected chi connectivity index (χ1v) is 5.90. The number of nitrogens with one attached hydrogen (secondary N) is 1. The van der Waals surface area contributed by atoms with Crippen molar-refractivity contribution in [3.05, 3.63) is 16.7 Å². The van der Waals surface area contributed by atoms with E-state index in [4.69, 9.17) is 16.7 Å². The van der Waals surface area contributed by atoms with E-state index in [2.05, 4.69) is 15.3 Å². The number of aliphatic hydroxyl groups excluding tert-OH is 2. The summed E-state index contributed by atoms with van der Waals surface area (Å²) in [7, 11) is 0. The van der Waals surface area contributed by atoms with Gasteiger partial charge in [0.15, 0.2) is 0 Å². The Bertz CT molecular complexity index is 491. The van der Waals surface area contributed by atoms with Crippen LogP contribution in [0.4, 0.5) is 5.82 Å². The molecular formula is C9H10ClN3O2S. The number of nitrogens with zero attached hydrogens (tertiary/aromatic N) is 2. The number of thiophene rings is 1. The van der Waals surface area contributed by atoms with Gasteiger partial charge in [0.2, 0.25) is 5.28 Å². The predicted molar refractivity (Wildman–Crippen MR) is 64.0 cm³/mol. The smallest absolute Gasteiger partial charge is 0.225 e. The van der Waals surface area contributed by atoms with Crippen molar-refractivity contribution in [3.63, 3.8) is 0 Å². The fraction of sp³-hybridized carbons (Fsp3) is 0.333. The van der Waals surface area contributed by atoms with E-state index in [-0.39, 0.29) is 18.4 Å². The van der Waals surface area contributed by atoms with Crippen LogP contribution in [0.1, 0.15) is 0 Å². The van der Waals surface area contributed by atoms with Crippen molar-refractivity contribution in [3.8, 4) is 0 Å². The summed E-state index contributed by atoms with van der Waals surface area (Å²) in [4.78, 5) is 8.89. The monoisotopic (exact) mass is 259 g/mol. The minimum Gasteiger partial charge on any atom is -0.394 e. The second kappa shape index (κ2) is 4.92. The second-order valence-electron chi connectivity index (χ2n) is 3.20. The van der Waals surface area contributed by atoms with Gasteiger partial charge in [0.1, 0.15) is 10.6 Å². The topological polar surface area (TPSA) is 78.3 Å². The molecule has 2 heterocycles. The molecule has 0 aliphatic rings. The lowest BCUT2D eigenvalue weighted by Crippen LogP contribution is -2.23. The zero-order valence-electron chi connectivity index (χ0n) is 8.22. The molecule has 16 heavy (non-hydrogen) atoms. The summed E-state index contributed by atoms with van der Waals surface area (Å²) in [5.41, 5.74) is 0. The van der Waals surface area contributed by atoms with Gasteiger partial charge in [0.05, 0.1) is 18.1 Å². The van der Waals surface area contributed by atoms with Crippen molar-refractivity contribution in [1.29, 1.82) is 0 Å². The molecule has 0 aliphatic carbocycles. The van der Waals surface area contributed by atoms with Crippen LogP contribution < -0.4 is 5.32 Å². The minimum absolute atomic E-state index is 0.163. The van der Waals surface area contributed by atoms with E-state index in [1.165, 1.54) is 11.3 Å². The maximum Gasteiger partial charge on any atom is 0.225 e. The van der Waals surface area contributed by atoms with Crippen LogP contribution in [-0.2, 0) is 0 Å². The Morgan fingerprint density at radius 1 is 1.50 bits per heavy atom. The number of halogens is 1. The molecule has 5 nitrogen and oxygen atoms in total. The molecule has 86 valence electrons. The maximum absolute atomic E-state index is 9.22. The van der Waals surface area contributed by atoms with Gasteiger partial charge in [0.25, 0.3) is 0 Å². The number of anilines is 1. The first kappa shape index (κ1) is 11.5. The summed E-state index contributed by atoms with van der Waals surface area (Å²) in [5.74, 6) is 0.573. The van der Waals surface area contributed by atoms with Crippen molar-refractivity contribution in [2.45, 2.75) is 6.10 Å². The summed E-state index contributed by atoms with van der Waals surface area (Å²) >= 11 is 7.23. The highest BCUT2D eigenvalue weighted by molar-refractivity contribution is 7.16. The van der Waals surface area contributed by atoms with E-state index >= 15 is 0 Å². The fourth-order valence-electron chi connectivity index (χ4n) is 1.24. The Morgan fingerprint density at radius 2 is 2.31 bits per heavy atom. The highest BCUT2D eigenvalue weighted by Gasteiger charge is 2.09. The molecule has 0 saturated heterocycles. The third kappa shape index (κ3) is 2.41. The Labute approximate surface area is 101 Å². The normalized spacial score (nSPS) is 12.9. The standard InChI is InChI=1S/C9H10ClN3O2S/c10-9-12-7(11-3-5(15)4-14)6-1-2-16-8(6)13-9/h1-2,5,14-15H,3-4H2,(H,11,12,13). The largest absolute Gasteiger partial charge is 0.394 e. The van der Waals surface area contributed by atoms with Gasteiger partial charge in [-0.3, -0.25) is 0 Å². The summed E-state index contributed by atoms with van der Waals surface area (Å²) in [6.07, 6.45) is -0.817. The van der Waals surface area contributed by atoms with Crippen LogP contribution >= 0.6 is 22.9 Å². The van der Waals surface area contributed by atoms with Crippen molar-refractivity contribution >= 4 is 39.0 Å². The van der Waals surface area contributed by atoms with Crippen LogP contribution in [0.25, 0.3) is 10.2 Å². The first-order chi connectivity index (χ1) is 7.70. The number of rotatable bonds is 4. The summed E-state index contributed by atoms with van der Waals surface area (Å²) in [6, 6.07) is 1.88. The Balaban J connectivity index is 2.25. The van der Waals surface area contributed by atoms with Crippen LogP contribution in [0.3, 0.4) is 0 Å². The Morgan fingerprint density at radius 3 is 3.06 bits per heavy atom. The lowest BCUT2D eigenvalue weighted by atomic mass is 10.3. The van der Waals surface area contributed by atoms with Gasteiger partial charge >= 0.3 is 0 Å². The quantitative estimate of drug-likeness (QED) is 0.717. The fourth-order valence-corrected chi connectivity index (χ4v) is 2.23. The van der Waals surface area contributed by atoms with E-state index in [9.17, 15) is 5.11 Å². The SMILES string of the molecule is OCC(O)CNc1nc(Cl)nc2sccc12. The van der Waals surface area contributed by atoms with Crippen LogP contribution in [-0.4, -0.2) is 39.4 Å². The van der Waals surface area contributed by atoms with Crippen LogP contribution in [0.15, 0.2) is 11.4 Å². The molecule has 0 amide bonds. The highest BCUT2D eigenvalue weighted by atomic mass is 35.5. The van der Waals surface area contributed by atoms with Crippen LogP contribution in [0.2, 0.25) is 5.28 Å². The third-order valence-corrected chi connectivity index (χ3v) is 2.99. The van der Waals surface area contributed by atoms with Crippen molar-refractivity contribution in [1.82, 2.24) is 9.97 Å². The van der Waals surface area contributed by atoms with Gasteiger partial charge in [-0.15, -0.1) is 11.3 Å². The third-order valence-electron chi connectivity index (χ3n) is 2.01.